The summed E-state index contributed by atoms with van der Waals surface area (Å²) in [6.07, 6.45) is -0.0206. The third-order valence-electron chi connectivity index (χ3n) is 3.67. The number of hydrogen-bond acceptors (Lipinski definition) is 7. The predicted octanol–water partition coefficient (Wildman–Crippen LogP) is 1.21. The molecule has 3 N–H and O–H groups in total. The van der Waals surface area contributed by atoms with Crippen LogP contribution in [0.2, 0.25) is 0 Å². The van der Waals surface area contributed by atoms with Crippen LogP contribution in [0.5, 0.6) is 5.75 Å². The van der Waals surface area contributed by atoms with Gasteiger partial charge in [-0.1, -0.05) is 18.1 Å². The van der Waals surface area contributed by atoms with Crippen LogP contribution in [0, 0.1) is 0 Å². The maximum atomic E-state index is 12.1. The van der Waals surface area contributed by atoms with Gasteiger partial charge in [-0.3, -0.25) is 9.59 Å². The van der Waals surface area contributed by atoms with Crippen molar-refractivity contribution in [1.29, 1.82) is 0 Å². The zero-order chi connectivity index (χ0) is 22.0. The number of rotatable bonds is 16. The molecule has 0 aliphatic heterocycles. The van der Waals surface area contributed by atoms with Crippen LogP contribution in [0.3, 0.4) is 0 Å². The number of azide groups is 1. The van der Waals surface area contributed by atoms with Gasteiger partial charge in [-0.2, -0.15) is 0 Å². The molecule has 0 aliphatic carbocycles. The number of hydrogen-bond donors (Lipinski definition) is 3. The molecule has 1 aromatic carbocycles. The van der Waals surface area contributed by atoms with Crippen molar-refractivity contribution in [3.8, 4) is 5.75 Å². The Labute approximate surface area is 176 Å². The number of ether oxygens (including phenoxy) is 3. The van der Waals surface area contributed by atoms with Crippen LogP contribution in [0.25, 0.3) is 10.4 Å². The van der Waals surface area contributed by atoms with E-state index in [1.165, 1.54) is 0 Å². The summed E-state index contributed by atoms with van der Waals surface area (Å²) < 4.78 is 16.2. The molecule has 11 heteroatoms. The molecule has 0 heterocycles. The van der Waals surface area contributed by atoms with Crippen LogP contribution in [-0.4, -0.2) is 71.2 Å². The molecule has 0 aliphatic rings. The number of amides is 2. The first-order chi connectivity index (χ1) is 14.6. The monoisotopic (exact) mass is 422 g/mol. The van der Waals surface area contributed by atoms with Gasteiger partial charge in [-0.05, 0) is 37.2 Å². The Bertz CT molecular complexity index is 696. The van der Waals surface area contributed by atoms with Crippen LogP contribution in [0.15, 0.2) is 29.4 Å². The summed E-state index contributed by atoms with van der Waals surface area (Å²) >= 11 is 0. The first-order valence-corrected chi connectivity index (χ1v) is 9.76. The fourth-order valence-electron chi connectivity index (χ4n) is 2.19. The van der Waals surface area contributed by atoms with E-state index < -0.39 is 6.23 Å². The molecule has 0 saturated heterocycles. The fraction of sp³-hybridized carbons (Fsp3) is 0.579. The van der Waals surface area contributed by atoms with Crippen LogP contribution in [0.1, 0.15) is 23.7 Å². The van der Waals surface area contributed by atoms with Crippen molar-refractivity contribution in [2.75, 3.05) is 53.1 Å². The highest BCUT2D eigenvalue weighted by molar-refractivity contribution is 5.94. The van der Waals surface area contributed by atoms with Crippen LogP contribution in [-0.2, 0) is 14.3 Å². The molecule has 0 radical (unpaired) electrons. The second-order valence-corrected chi connectivity index (χ2v) is 6.13. The van der Waals surface area contributed by atoms with Crippen molar-refractivity contribution in [2.45, 2.75) is 19.6 Å². The topological polar surface area (TPSA) is 147 Å². The lowest BCUT2D eigenvalue weighted by Gasteiger charge is -2.14. The molecule has 0 bridgehead atoms. The maximum Gasteiger partial charge on any atom is 0.251 e. The predicted molar refractivity (Wildman–Crippen MR) is 111 cm³/mol. The van der Waals surface area contributed by atoms with Crippen molar-refractivity contribution >= 4 is 11.8 Å². The van der Waals surface area contributed by atoms with E-state index in [4.69, 9.17) is 19.7 Å². The zero-order valence-corrected chi connectivity index (χ0v) is 17.4. The highest BCUT2D eigenvalue weighted by atomic mass is 16.6. The number of benzene rings is 1. The van der Waals surface area contributed by atoms with Gasteiger partial charge in [0.25, 0.3) is 5.91 Å². The number of nitrogens with zero attached hydrogens (tertiary/aromatic N) is 3. The number of carbonyl (C=O) groups is 2. The van der Waals surface area contributed by atoms with E-state index in [-0.39, 0.29) is 38.2 Å². The largest absolute Gasteiger partial charge is 0.491 e. The van der Waals surface area contributed by atoms with Gasteiger partial charge in [-0.25, -0.2) is 0 Å². The molecule has 166 valence electrons. The molecule has 0 fully saturated rings. The summed E-state index contributed by atoms with van der Waals surface area (Å²) in [7, 11) is 1.80. The molecular formula is C19H30N6O5. The molecule has 30 heavy (non-hydrogen) atoms. The number of likely N-dealkylation sites (N-methyl/N-ethyl adjacent to an activating group) is 1. The van der Waals surface area contributed by atoms with E-state index in [1.54, 1.807) is 31.3 Å². The first kappa shape index (κ1) is 25.2. The molecule has 0 aromatic heterocycles. The highest BCUT2D eigenvalue weighted by Gasteiger charge is 2.10. The summed E-state index contributed by atoms with van der Waals surface area (Å²) in [4.78, 5) is 26.2. The van der Waals surface area contributed by atoms with Gasteiger partial charge < -0.3 is 30.2 Å². The second kappa shape index (κ2) is 16.0. The van der Waals surface area contributed by atoms with Gasteiger partial charge >= 0.3 is 0 Å². The lowest BCUT2D eigenvalue weighted by molar-refractivity contribution is -0.126. The highest BCUT2D eigenvalue weighted by Crippen LogP contribution is 2.14. The number of nitrogens with one attached hydrogen (secondary N) is 3. The van der Waals surface area contributed by atoms with Gasteiger partial charge in [0.05, 0.1) is 13.2 Å². The van der Waals surface area contributed by atoms with E-state index in [0.717, 1.165) is 6.42 Å². The number of carbonyl (C=O) groups excluding carboxylic acids is 2. The van der Waals surface area contributed by atoms with E-state index in [2.05, 4.69) is 26.0 Å². The Balaban J connectivity index is 2.40. The Morgan fingerprint density at radius 3 is 2.77 bits per heavy atom. The fourth-order valence-corrected chi connectivity index (χ4v) is 2.19. The molecule has 1 atom stereocenters. The average Bonchev–Trinajstić information content (AvgIpc) is 2.76. The van der Waals surface area contributed by atoms with Crippen LogP contribution >= 0.6 is 0 Å². The van der Waals surface area contributed by atoms with Crippen molar-refractivity contribution in [1.82, 2.24) is 16.0 Å². The van der Waals surface area contributed by atoms with Crippen molar-refractivity contribution in [2.24, 2.45) is 5.11 Å². The summed E-state index contributed by atoms with van der Waals surface area (Å²) in [6.45, 7) is 3.94. The Hall–Kier alpha value is -2.85. The smallest absolute Gasteiger partial charge is 0.251 e. The molecule has 1 unspecified atom stereocenters. The minimum Gasteiger partial charge on any atom is -0.491 e. The summed E-state index contributed by atoms with van der Waals surface area (Å²) in [5.41, 5.74) is 9.15. The maximum absolute atomic E-state index is 12.1. The summed E-state index contributed by atoms with van der Waals surface area (Å²) in [6, 6.07) is 6.66. The third-order valence-corrected chi connectivity index (χ3v) is 3.67. The van der Waals surface area contributed by atoms with Crippen molar-refractivity contribution in [3.63, 3.8) is 0 Å². The van der Waals surface area contributed by atoms with Gasteiger partial charge in [0.15, 0.2) is 6.23 Å². The standard InChI is InChI=1S/C19H30N6O5/c1-3-7-22-17(26)13-28-10-11-29-18(24-25-20)14-30-16-6-4-5-15(12-16)19(27)23-9-8-21-2/h4-6,12,18,21H,3,7-11,13-14H2,1-2H3,(H,22,26)(H,23,27). The van der Waals surface area contributed by atoms with Crippen LogP contribution in [0.4, 0.5) is 0 Å². The molecule has 1 rings (SSSR count). The van der Waals surface area contributed by atoms with Crippen LogP contribution < -0.4 is 20.7 Å². The van der Waals surface area contributed by atoms with Crippen molar-refractivity contribution < 1.29 is 23.8 Å². The lowest BCUT2D eigenvalue weighted by atomic mass is 10.2. The quantitative estimate of drug-likeness (QED) is 0.158. The van der Waals surface area contributed by atoms with Crippen molar-refractivity contribution in [3.05, 3.63) is 40.3 Å². The van der Waals surface area contributed by atoms with Gasteiger partial charge in [0, 0.05) is 30.1 Å². The lowest BCUT2D eigenvalue weighted by Crippen LogP contribution is -2.30. The minimum atomic E-state index is -0.874. The Morgan fingerprint density at radius 1 is 1.20 bits per heavy atom. The van der Waals surface area contributed by atoms with Gasteiger partial charge in [-0.15, -0.1) is 0 Å². The molecule has 0 spiro atoms. The zero-order valence-electron chi connectivity index (χ0n) is 17.4. The van der Waals surface area contributed by atoms with E-state index >= 15 is 0 Å². The van der Waals surface area contributed by atoms with E-state index in [0.29, 0.717) is 30.9 Å². The molecule has 0 saturated carbocycles. The normalized spacial score (nSPS) is 11.3. The summed E-state index contributed by atoms with van der Waals surface area (Å²) in [5, 5.41) is 12.0. The van der Waals surface area contributed by atoms with E-state index in [1.807, 2.05) is 6.92 Å². The van der Waals surface area contributed by atoms with E-state index in [9.17, 15) is 9.59 Å². The first-order valence-electron chi connectivity index (χ1n) is 9.76. The SMILES string of the molecule is CCCNC(=O)COCCOC(COc1cccc(C(=O)NCCNC)c1)N=[N+]=[N-]. The molecule has 2 amide bonds. The Kier molecular flexibility index (Phi) is 13.4. The Morgan fingerprint density at radius 2 is 2.03 bits per heavy atom. The molecule has 11 nitrogen and oxygen atoms in total. The average molecular weight is 422 g/mol. The summed E-state index contributed by atoms with van der Waals surface area (Å²) in [5.74, 6) is 0.0437. The molecule has 1 aromatic rings. The van der Waals surface area contributed by atoms with Gasteiger partial charge in [0.2, 0.25) is 5.91 Å². The second-order valence-electron chi connectivity index (χ2n) is 6.13. The third kappa shape index (κ3) is 11.2. The molecular weight excluding hydrogens is 392 g/mol. The minimum absolute atomic E-state index is 0.0358. The van der Waals surface area contributed by atoms with Gasteiger partial charge in [0.1, 0.15) is 19.0 Å².